The zero-order chi connectivity index (χ0) is 10.1. The number of hydrogen-bond donors (Lipinski definition) is 0. The molecule has 15 heavy (non-hydrogen) atoms. The van der Waals surface area contributed by atoms with Gasteiger partial charge in [0.05, 0.1) is 0 Å². The molecular weight excluding hydrogens is 192 g/mol. The van der Waals surface area contributed by atoms with Crippen molar-refractivity contribution in [3.05, 3.63) is 40.5 Å². The van der Waals surface area contributed by atoms with E-state index in [0.717, 1.165) is 0 Å². The summed E-state index contributed by atoms with van der Waals surface area (Å²) >= 11 is 0. The summed E-state index contributed by atoms with van der Waals surface area (Å²) in [5.41, 5.74) is 6.10. The van der Waals surface area contributed by atoms with Crippen LogP contribution in [0.15, 0.2) is 23.8 Å². The van der Waals surface area contributed by atoms with Crippen LogP contribution in [0.1, 0.15) is 52.7 Å². The zero-order valence-electron chi connectivity index (χ0n) is 12.0. The second-order valence-corrected chi connectivity index (χ2v) is 4.41. The molecular formula is C14H20Mg. The molecule has 2 rings (SSSR count). The van der Waals surface area contributed by atoms with Gasteiger partial charge in [-0.25, -0.2) is 0 Å². The Morgan fingerprint density at radius 1 is 1.33 bits per heavy atom. The van der Waals surface area contributed by atoms with Gasteiger partial charge in [0.25, 0.3) is 0 Å². The summed E-state index contributed by atoms with van der Waals surface area (Å²) in [5.74, 6) is 0.636. The van der Waals surface area contributed by atoms with Gasteiger partial charge in [-0.05, 0) is 35.4 Å². The Morgan fingerprint density at radius 2 is 2.07 bits per heavy atom. The van der Waals surface area contributed by atoms with Crippen molar-refractivity contribution < 1.29 is 2.85 Å². The van der Waals surface area contributed by atoms with Gasteiger partial charge in [-0.15, -0.1) is 0 Å². The maximum absolute atomic E-state index is 2.39. The standard InChI is InChI=1S/C14H18.Mg.2H/c1-4-11-8-12-6-5-7-13(10(2)3)14(12)9-11;;;/h5-7,9-10H,4,8H2,1-3H3;;;/q;+2;2*-1. The largest absolute Gasteiger partial charge is 2.00 e. The summed E-state index contributed by atoms with van der Waals surface area (Å²) < 4.78 is 0. The first-order valence-electron chi connectivity index (χ1n) is 5.53. The Morgan fingerprint density at radius 3 is 2.67 bits per heavy atom. The molecule has 0 unspecified atom stereocenters. The van der Waals surface area contributed by atoms with Gasteiger partial charge in [0.1, 0.15) is 0 Å². The van der Waals surface area contributed by atoms with Crippen LogP contribution in [0.3, 0.4) is 0 Å². The van der Waals surface area contributed by atoms with Crippen molar-refractivity contribution in [3.63, 3.8) is 0 Å². The fourth-order valence-corrected chi connectivity index (χ4v) is 2.19. The Kier molecular flexibility index (Phi) is 4.41. The number of benzene rings is 1. The van der Waals surface area contributed by atoms with Crippen LogP contribution in [0.25, 0.3) is 6.08 Å². The van der Waals surface area contributed by atoms with Crippen LogP contribution in [0.5, 0.6) is 0 Å². The van der Waals surface area contributed by atoms with Crippen molar-refractivity contribution in [2.24, 2.45) is 0 Å². The molecule has 0 bridgehead atoms. The smallest absolute Gasteiger partial charge is 1.00 e. The molecule has 0 saturated heterocycles. The van der Waals surface area contributed by atoms with Gasteiger partial charge < -0.3 is 2.85 Å². The van der Waals surface area contributed by atoms with Crippen molar-refractivity contribution in [3.8, 4) is 0 Å². The molecule has 0 heterocycles. The summed E-state index contributed by atoms with van der Waals surface area (Å²) in [5, 5.41) is 0. The quantitative estimate of drug-likeness (QED) is 0.650. The number of hydrogen-bond acceptors (Lipinski definition) is 0. The van der Waals surface area contributed by atoms with Crippen LogP contribution in [-0.2, 0) is 6.42 Å². The van der Waals surface area contributed by atoms with Crippen LogP contribution in [0.2, 0.25) is 0 Å². The molecule has 1 heteroatoms. The topological polar surface area (TPSA) is 0 Å². The van der Waals surface area contributed by atoms with E-state index in [1.165, 1.54) is 29.5 Å². The number of fused-ring (bicyclic) bond motifs is 1. The first-order valence-corrected chi connectivity index (χ1v) is 5.53. The minimum Gasteiger partial charge on any atom is -1.00 e. The van der Waals surface area contributed by atoms with Gasteiger partial charge in [0.2, 0.25) is 0 Å². The minimum atomic E-state index is 0. The van der Waals surface area contributed by atoms with Crippen LogP contribution < -0.4 is 0 Å². The SMILES string of the molecule is CCC1=Cc2c(cccc2C(C)C)C1.[H-].[H-].[Mg+2]. The molecule has 0 atom stereocenters. The molecule has 1 aromatic rings. The van der Waals surface area contributed by atoms with Crippen LogP contribution >= 0.6 is 0 Å². The first kappa shape index (κ1) is 12.8. The van der Waals surface area contributed by atoms with Crippen molar-refractivity contribution in [1.82, 2.24) is 0 Å². The van der Waals surface area contributed by atoms with Crippen LogP contribution in [0.4, 0.5) is 0 Å². The number of allylic oxidation sites excluding steroid dienone is 1. The fourth-order valence-electron chi connectivity index (χ4n) is 2.19. The molecule has 0 saturated carbocycles. The summed E-state index contributed by atoms with van der Waals surface area (Å²) in [6, 6.07) is 6.72. The van der Waals surface area contributed by atoms with E-state index in [1.807, 2.05) is 0 Å². The summed E-state index contributed by atoms with van der Waals surface area (Å²) in [6.45, 7) is 6.79. The number of rotatable bonds is 2. The monoisotopic (exact) mass is 212 g/mol. The second kappa shape index (κ2) is 5.18. The minimum absolute atomic E-state index is 0. The van der Waals surface area contributed by atoms with Gasteiger partial charge in [0, 0.05) is 0 Å². The van der Waals surface area contributed by atoms with E-state index in [1.54, 1.807) is 5.57 Å². The average Bonchev–Trinajstić information content (AvgIpc) is 2.59. The molecule has 0 fully saturated rings. The summed E-state index contributed by atoms with van der Waals surface area (Å²) in [6.07, 6.45) is 4.75. The van der Waals surface area contributed by atoms with Crippen molar-refractivity contribution in [2.45, 2.75) is 39.5 Å². The Balaban J connectivity index is 0. The third-order valence-corrected chi connectivity index (χ3v) is 3.07. The van der Waals surface area contributed by atoms with Crippen molar-refractivity contribution >= 4 is 29.1 Å². The van der Waals surface area contributed by atoms with E-state index in [2.05, 4.69) is 45.0 Å². The van der Waals surface area contributed by atoms with Gasteiger partial charge >= 0.3 is 23.1 Å². The van der Waals surface area contributed by atoms with Crippen LogP contribution in [0, 0.1) is 0 Å². The third-order valence-electron chi connectivity index (χ3n) is 3.07. The fraction of sp³-hybridized carbons (Fsp3) is 0.429. The van der Waals surface area contributed by atoms with E-state index in [-0.39, 0.29) is 25.9 Å². The molecule has 0 aliphatic heterocycles. The van der Waals surface area contributed by atoms with Gasteiger partial charge in [-0.1, -0.05) is 50.6 Å². The Bertz CT molecular complexity index is 384. The maximum Gasteiger partial charge on any atom is 2.00 e. The predicted molar refractivity (Wildman–Crippen MR) is 70.5 cm³/mol. The molecule has 78 valence electrons. The van der Waals surface area contributed by atoms with Gasteiger partial charge in [-0.2, -0.15) is 0 Å². The molecule has 0 amide bonds. The Hall–Kier alpha value is -0.274. The van der Waals surface area contributed by atoms with Gasteiger partial charge in [0.15, 0.2) is 0 Å². The maximum atomic E-state index is 2.39. The molecule has 1 aliphatic rings. The van der Waals surface area contributed by atoms with Crippen molar-refractivity contribution in [1.29, 1.82) is 0 Å². The third kappa shape index (κ3) is 2.46. The normalized spacial score (nSPS) is 13.5. The molecule has 0 nitrogen and oxygen atoms in total. The average molecular weight is 213 g/mol. The molecule has 0 N–H and O–H groups in total. The van der Waals surface area contributed by atoms with Crippen molar-refractivity contribution in [2.75, 3.05) is 0 Å². The molecule has 0 radical (unpaired) electrons. The van der Waals surface area contributed by atoms with E-state index in [0.29, 0.717) is 5.92 Å². The molecule has 1 aliphatic carbocycles. The summed E-state index contributed by atoms with van der Waals surface area (Å²) in [7, 11) is 0. The molecule has 1 aromatic carbocycles. The van der Waals surface area contributed by atoms with E-state index in [9.17, 15) is 0 Å². The molecule has 0 aromatic heterocycles. The molecule has 0 spiro atoms. The van der Waals surface area contributed by atoms with E-state index in [4.69, 9.17) is 0 Å². The first-order chi connectivity index (χ1) is 6.72. The predicted octanol–water partition coefficient (Wildman–Crippen LogP) is 4.00. The second-order valence-electron chi connectivity index (χ2n) is 4.41. The van der Waals surface area contributed by atoms with Gasteiger partial charge in [-0.3, -0.25) is 0 Å². The van der Waals surface area contributed by atoms with Crippen LogP contribution in [-0.4, -0.2) is 23.1 Å². The zero-order valence-corrected chi connectivity index (χ0v) is 11.4. The van der Waals surface area contributed by atoms with E-state index < -0.39 is 0 Å². The summed E-state index contributed by atoms with van der Waals surface area (Å²) in [4.78, 5) is 0. The Labute approximate surface area is 112 Å². The van der Waals surface area contributed by atoms with E-state index >= 15 is 0 Å².